The summed E-state index contributed by atoms with van der Waals surface area (Å²) < 4.78 is 20.7. The molecule has 6 heterocycles. The Bertz CT molecular complexity index is 1750. The van der Waals surface area contributed by atoms with Crippen LogP contribution in [-0.4, -0.2) is 86.5 Å². The Hall–Kier alpha value is -4.07. The maximum Gasteiger partial charge on any atom is 0.320 e. The number of aromatic nitrogens is 4. The van der Waals surface area contributed by atoms with E-state index in [-0.39, 0.29) is 17.3 Å². The molecule has 0 spiro atoms. The van der Waals surface area contributed by atoms with Crippen molar-refractivity contribution in [2.24, 2.45) is 0 Å². The summed E-state index contributed by atoms with van der Waals surface area (Å²) in [7, 11) is 0. The number of benzene rings is 2. The Morgan fingerprint density at radius 1 is 1.14 bits per heavy atom. The van der Waals surface area contributed by atoms with Crippen molar-refractivity contribution in [1.29, 1.82) is 0 Å². The van der Waals surface area contributed by atoms with Crippen molar-refractivity contribution in [3.05, 3.63) is 42.1 Å². The van der Waals surface area contributed by atoms with E-state index in [0.29, 0.717) is 54.3 Å². The van der Waals surface area contributed by atoms with Crippen LogP contribution in [0.4, 0.5) is 10.2 Å². The first-order chi connectivity index (χ1) is 20.5. The fourth-order valence-corrected chi connectivity index (χ4v) is 7.64. The van der Waals surface area contributed by atoms with Crippen molar-refractivity contribution >= 4 is 27.6 Å². The van der Waals surface area contributed by atoms with Crippen LogP contribution in [0.25, 0.3) is 33.2 Å². The van der Waals surface area contributed by atoms with Gasteiger partial charge in [-0.15, -0.1) is 6.42 Å². The van der Waals surface area contributed by atoms with Gasteiger partial charge in [0.1, 0.15) is 24.3 Å². The molecule has 10 heteroatoms. The minimum Gasteiger partial charge on any atom is -0.508 e. The van der Waals surface area contributed by atoms with Gasteiger partial charge in [-0.3, -0.25) is 4.90 Å². The quantitative estimate of drug-likeness (QED) is 0.350. The number of aromatic hydroxyl groups is 1. The Kier molecular flexibility index (Phi) is 5.95. The summed E-state index contributed by atoms with van der Waals surface area (Å²) >= 11 is 0. The largest absolute Gasteiger partial charge is 0.508 e. The number of phenols is 1. The standard InChI is InChI=1S/C32H32FN7O2/c1-2-19-5-3-6-20-11-24(41)12-25(27(19)20)28-34-14-26-29(36-28)37-31(38-30(26)39-16-22-7-8-23(17-39)35-22)42-18-32-9-4-10-40(32)15-21(33)13-32/h1,3,5-6,11-12,14,21-23,35,41H,4,7-10,13,15-18H2/t21-,22?,23?,32?/m1/s1. The highest BCUT2D eigenvalue weighted by atomic mass is 19.1. The van der Waals surface area contributed by atoms with Crippen molar-refractivity contribution < 1.29 is 14.2 Å². The van der Waals surface area contributed by atoms with Crippen LogP contribution in [0.1, 0.15) is 37.7 Å². The third-order valence-electron chi connectivity index (χ3n) is 9.52. The van der Waals surface area contributed by atoms with Gasteiger partial charge in [0.05, 0.1) is 10.9 Å². The van der Waals surface area contributed by atoms with Crippen molar-refractivity contribution in [3.63, 3.8) is 0 Å². The number of piperazine rings is 1. The van der Waals surface area contributed by atoms with Gasteiger partial charge in [0.25, 0.3) is 0 Å². The Labute approximate surface area is 243 Å². The molecule has 2 aromatic heterocycles. The number of fused-ring (bicyclic) bond motifs is 5. The fourth-order valence-electron chi connectivity index (χ4n) is 7.64. The molecule has 214 valence electrons. The van der Waals surface area contributed by atoms with Gasteiger partial charge in [0.2, 0.25) is 0 Å². The van der Waals surface area contributed by atoms with E-state index in [2.05, 4.69) is 21.0 Å². The first kappa shape index (κ1) is 25.6. The lowest BCUT2D eigenvalue weighted by atomic mass is 9.95. The van der Waals surface area contributed by atoms with Gasteiger partial charge in [-0.05, 0) is 55.8 Å². The van der Waals surface area contributed by atoms with Gasteiger partial charge in [0.15, 0.2) is 11.5 Å². The molecule has 2 bridgehead atoms. The van der Waals surface area contributed by atoms with E-state index in [1.165, 1.54) is 0 Å². The first-order valence-corrected chi connectivity index (χ1v) is 14.8. The van der Waals surface area contributed by atoms with Crippen molar-refractivity contribution in [3.8, 4) is 35.5 Å². The van der Waals surface area contributed by atoms with Crippen molar-refractivity contribution in [2.45, 2.75) is 55.9 Å². The highest BCUT2D eigenvalue weighted by Crippen LogP contribution is 2.41. The second-order valence-corrected chi connectivity index (χ2v) is 12.2. The Morgan fingerprint density at radius 2 is 2.00 bits per heavy atom. The average molecular weight is 566 g/mol. The molecule has 9 nitrogen and oxygen atoms in total. The molecular formula is C32H32FN7O2. The number of alkyl halides is 1. The summed E-state index contributed by atoms with van der Waals surface area (Å²) in [6.07, 6.45) is 11.5. The van der Waals surface area contributed by atoms with E-state index < -0.39 is 6.17 Å². The average Bonchev–Trinajstić information content (AvgIpc) is 3.64. The lowest BCUT2D eigenvalue weighted by molar-refractivity contribution is 0.107. The van der Waals surface area contributed by atoms with E-state index in [1.54, 1.807) is 18.3 Å². The van der Waals surface area contributed by atoms with Crippen LogP contribution in [-0.2, 0) is 0 Å². The van der Waals surface area contributed by atoms with E-state index >= 15 is 0 Å². The van der Waals surface area contributed by atoms with Gasteiger partial charge in [-0.1, -0.05) is 18.1 Å². The van der Waals surface area contributed by atoms with Crippen LogP contribution in [0.15, 0.2) is 36.5 Å². The molecule has 2 aromatic carbocycles. The number of halogens is 1. The summed E-state index contributed by atoms with van der Waals surface area (Å²) in [5, 5.41) is 16.5. The van der Waals surface area contributed by atoms with Crippen LogP contribution >= 0.6 is 0 Å². The molecule has 2 N–H and O–H groups in total. The normalized spacial score (nSPS) is 27.0. The third-order valence-corrected chi connectivity index (χ3v) is 9.52. The number of anilines is 1. The van der Waals surface area contributed by atoms with Crippen molar-refractivity contribution in [1.82, 2.24) is 30.2 Å². The zero-order chi connectivity index (χ0) is 28.4. The summed E-state index contributed by atoms with van der Waals surface area (Å²) in [6.45, 7) is 3.35. The van der Waals surface area contributed by atoms with Gasteiger partial charge < -0.3 is 20.1 Å². The number of hydrogen-bond acceptors (Lipinski definition) is 9. The molecule has 0 aliphatic carbocycles. The molecule has 8 rings (SSSR count). The first-order valence-electron chi connectivity index (χ1n) is 14.8. The summed E-state index contributed by atoms with van der Waals surface area (Å²) in [5.74, 6) is 4.00. The molecule has 0 saturated carbocycles. The highest BCUT2D eigenvalue weighted by molar-refractivity contribution is 6.01. The van der Waals surface area contributed by atoms with E-state index in [9.17, 15) is 9.50 Å². The molecule has 4 saturated heterocycles. The molecule has 42 heavy (non-hydrogen) atoms. The maximum absolute atomic E-state index is 14.4. The SMILES string of the molecule is C#Cc1cccc2cc(O)cc(-c3ncc4c(N5CC6CCC(C5)N6)nc(OCC56CCCN5C[C@H](F)C6)nc4n3)c12. The van der Waals surface area contributed by atoms with Gasteiger partial charge in [-0.2, -0.15) is 9.97 Å². The molecule has 4 aromatic rings. The lowest BCUT2D eigenvalue weighted by Crippen LogP contribution is -2.51. The zero-order valence-electron chi connectivity index (χ0n) is 23.3. The number of phenolic OH excluding ortho intramolecular Hbond substituents is 1. The zero-order valence-corrected chi connectivity index (χ0v) is 23.3. The lowest BCUT2D eigenvalue weighted by Gasteiger charge is -2.34. The van der Waals surface area contributed by atoms with E-state index in [1.807, 2.05) is 18.2 Å². The number of terminal acetylenes is 1. The number of nitrogens with one attached hydrogen (secondary N) is 1. The third kappa shape index (κ3) is 4.22. The molecule has 4 atom stereocenters. The van der Waals surface area contributed by atoms with Crippen LogP contribution < -0.4 is 15.0 Å². The van der Waals surface area contributed by atoms with E-state index in [0.717, 1.165) is 67.3 Å². The number of rotatable bonds is 5. The number of hydrogen-bond donors (Lipinski definition) is 2. The van der Waals surface area contributed by atoms with E-state index in [4.69, 9.17) is 31.1 Å². The number of ether oxygens (including phenoxy) is 1. The summed E-state index contributed by atoms with van der Waals surface area (Å²) in [4.78, 5) is 23.8. The predicted octanol–water partition coefficient (Wildman–Crippen LogP) is 3.82. The minimum atomic E-state index is -0.835. The molecule has 4 fully saturated rings. The summed E-state index contributed by atoms with van der Waals surface area (Å²) in [6, 6.07) is 10.0. The Morgan fingerprint density at radius 3 is 2.83 bits per heavy atom. The van der Waals surface area contributed by atoms with Crippen molar-refractivity contribution in [2.75, 3.05) is 37.7 Å². The molecule has 0 radical (unpaired) electrons. The molecule has 0 amide bonds. The molecule has 4 aliphatic rings. The van der Waals surface area contributed by atoms with Gasteiger partial charge in [-0.25, -0.2) is 14.4 Å². The Balaban J connectivity index is 1.23. The smallest absolute Gasteiger partial charge is 0.320 e. The minimum absolute atomic E-state index is 0.0992. The monoisotopic (exact) mass is 565 g/mol. The van der Waals surface area contributed by atoms with Crippen LogP contribution in [0.3, 0.4) is 0 Å². The molecular weight excluding hydrogens is 533 g/mol. The highest BCUT2D eigenvalue weighted by Gasteiger charge is 2.49. The second kappa shape index (κ2) is 9.75. The topological polar surface area (TPSA) is 99.5 Å². The van der Waals surface area contributed by atoms with Gasteiger partial charge >= 0.3 is 6.01 Å². The molecule has 3 unspecified atom stereocenters. The van der Waals surface area contributed by atoms with Crippen LogP contribution in [0, 0.1) is 12.3 Å². The van der Waals surface area contributed by atoms with Crippen LogP contribution in [0.2, 0.25) is 0 Å². The second-order valence-electron chi connectivity index (χ2n) is 12.2. The van der Waals surface area contributed by atoms with Gasteiger partial charge in [0, 0.05) is 60.8 Å². The fraction of sp³-hybridized carbons (Fsp3) is 0.438. The number of nitrogens with zero attached hydrogens (tertiary/aromatic N) is 6. The van der Waals surface area contributed by atoms with Crippen LogP contribution in [0.5, 0.6) is 11.8 Å². The molecule has 4 aliphatic heterocycles. The maximum atomic E-state index is 14.4. The summed E-state index contributed by atoms with van der Waals surface area (Å²) in [5.41, 5.74) is 1.47. The predicted molar refractivity (Wildman–Crippen MR) is 158 cm³/mol.